The Labute approximate surface area is 155 Å². The van der Waals surface area contributed by atoms with Crippen molar-refractivity contribution in [3.05, 3.63) is 0 Å². The average molecular weight is 440 g/mol. The van der Waals surface area contributed by atoms with Crippen LogP contribution in [0.4, 0.5) is 0 Å². The summed E-state index contributed by atoms with van der Waals surface area (Å²) in [6, 6.07) is 0. The van der Waals surface area contributed by atoms with Crippen LogP contribution in [-0.4, -0.2) is 60.5 Å². The van der Waals surface area contributed by atoms with Gasteiger partial charge in [0.1, 0.15) is 0 Å². The van der Waals surface area contributed by atoms with Gasteiger partial charge in [-0.3, -0.25) is 9.79 Å². The van der Waals surface area contributed by atoms with Gasteiger partial charge in [0, 0.05) is 37.8 Å². The molecule has 2 rings (SSSR count). The van der Waals surface area contributed by atoms with E-state index in [1.807, 2.05) is 16.7 Å². The number of hydrogen-bond donors (Lipinski definition) is 2. The highest BCUT2D eigenvalue weighted by atomic mass is 127. The maximum absolute atomic E-state index is 11.5. The number of nitrogens with one attached hydrogen (secondary N) is 2. The number of carbonyl (C=O) groups is 1. The van der Waals surface area contributed by atoms with Gasteiger partial charge in [-0.05, 0) is 38.4 Å². The number of halogens is 1. The lowest BCUT2D eigenvalue weighted by atomic mass is 10.2. The number of nitrogens with zero attached hydrogens (tertiary/aromatic N) is 2. The summed E-state index contributed by atoms with van der Waals surface area (Å²) in [5.74, 6) is 2.51. The number of aliphatic imine (C=N–C) groups is 1. The molecule has 2 aliphatic rings. The zero-order chi connectivity index (χ0) is 14.9. The van der Waals surface area contributed by atoms with Gasteiger partial charge >= 0.3 is 0 Å². The standard InChI is InChI=1S/C15H28N4OS.HI/c1-2-16-15(18-12-13-6-4-11-21-13)17-8-5-10-19-9-3-7-14(19)20;/h13H,2-12H2,1H3,(H2,16,17,18);1H. The van der Waals surface area contributed by atoms with E-state index in [4.69, 9.17) is 0 Å². The van der Waals surface area contributed by atoms with Gasteiger partial charge in [-0.1, -0.05) is 0 Å². The highest BCUT2D eigenvalue weighted by Crippen LogP contribution is 2.25. The maximum atomic E-state index is 11.5. The first-order valence-electron chi connectivity index (χ1n) is 8.21. The predicted molar refractivity (Wildman–Crippen MR) is 105 cm³/mol. The Morgan fingerprint density at radius 2 is 2.27 bits per heavy atom. The predicted octanol–water partition coefficient (Wildman–Crippen LogP) is 2.07. The molecule has 1 atom stereocenters. The van der Waals surface area contributed by atoms with E-state index in [0.717, 1.165) is 57.9 Å². The molecule has 0 radical (unpaired) electrons. The van der Waals surface area contributed by atoms with E-state index in [9.17, 15) is 4.79 Å². The fraction of sp³-hybridized carbons (Fsp3) is 0.867. The van der Waals surface area contributed by atoms with E-state index >= 15 is 0 Å². The fourth-order valence-corrected chi connectivity index (χ4v) is 3.92. The number of hydrogen-bond acceptors (Lipinski definition) is 3. The summed E-state index contributed by atoms with van der Waals surface area (Å²) in [5.41, 5.74) is 0. The van der Waals surface area contributed by atoms with Gasteiger partial charge in [0.15, 0.2) is 5.96 Å². The highest BCUT2D eigenvalue weighted by molar-refractivity contribution is 14.0. The van der Waals surface area contributed by atoms with Crippen LogP contribution in [0, 0.1) is 0 Å². The third-order valence-electron chi connectivity index (χ3n) is 3.89. The molecule has 0 aliphatic carbocycles. The minimum Gasteiger partial charge on any atom is -0.357 e. The van der Waals surface area contributed by atoms with Crippen molar-refractivity contribution in [2.45, 2.75) is 44.3 Å². The van der Waals surface area contributed by atoms with Crippen LogP contribution >= 0.6 is 35.7 Å². The summed E-state index contributed by atoms with van der Waals surface area (Å²) in [4.78, 5) is 18.2. The van der Waals surface area contributed by atoms with Gasteiger partial charge in [0.2, 0.25) is 5.91 Å². The van der Waals surface area contributed by atoms with Crippen LogP contribution in [0.25, 0.3) is 0 Å². The first-order valence-corrected chi connectivity index (χ1v) is 9.26. The Hall–Kier alpha value is -0.180. The van der Waals surface area contributed by atoms with Gasteiger partial charge in [0.25, 0.3) is 0 Å². The number of rotatable bonds is 7. The first-order chi connectivity index (χ1) is 10.3. The second kappa shape index (κ2) is 11.4. The molecule has 1 unspecified atom stereocenters. The van der Waals surface area contributed by atoms with Crippen LogP contribution < -0.4 is 10.6 Å². The molecule has 22 heavy (non-hydrogen) atoms. The molecule has 2 fully saturated rings. The fourth-order valence-electron chi connectivity index (χ4n) is 2.74. The summed E-state index contributed by atoms with van der Waals surface area (Å²) in [5, 5.41) is 7.36. The molecular formula is C15H29IN4OS. The number of carbonyl (C=O) groups excluding carboxylic acids is 1. The van der Waals surface area contributed by atoms with Crippen molar-refractivity contribution in [3.63, 3.8) is 0 Å². The van der Waals surface area contributed by atoms with Crippen molar-refractivity contribution >= 4 is 47.6 Å². The lowest BCUT2D eigenvalue weighted by molar-refractivity contribution is -0.127. The second-order valence-corrected chi connectivity index (χ2v) is 7.03. The van der Waals surface area contributed by atoms with E-state index < -0.39 is 0 Å². The monoisotopic (exact) mass is 440 g/mol. The topological polar surface area (TPSA) is 56.7 Å². The van der Waals surface area contributed by atoms with Crippen molar-refractivity contribution in [1.82, 2.24) is 15.5 Å². The molecule has 2 aliphatic heterocycles. The van der Waals surface area contributed by atoms with Crippen LogP contribution in [0.5, 0.6) is 0 Å². The van der Waals surface area contributed by atoms with Crippen molar-refractivity contribution in [3.8, 4) is 0 Å². The lowest BCUT2D eigenvalue weighted by Crippen LogP contribution is -2.39. The minimum atomic E-state index is 0. The van der Waals surface area contributed by atoms with Gasteiger partial charge in [-0.25, -0.2) is 0 Å². The second-order valence-electron chi connectivity index (χ2n) is 5.62. The maximum Gasteiger partial charge on any atom is 0.222 e. The number of guanidine groups is 1. The molecule has 128 valence electrons. The summed E-state index contributed by atoms with van der Waals surface area (Å²) in [7, 11) is 0. The molecule has 2 saturated heterocycles. The van der Waals surface area contributed by atoms with Crippen LogP contribution in [0.15, 0.2) is 4.99 Å². The molecule has 0 saturated carbocycles. The molecule has 5 nitrogen and oxygen atoms in total. The SMILES string of the molecule is CCNC(=NCC1CCCS1)NCCCN1CCCC1=O.I. The smallest absolute Gasteiger partial charge is 0.222 e. The van der Waals surface area contributed by atoms with Gasteiger partial charge in [0.05, 0.1) is 6.54 Å². The largest absolute Gasteiger partial charge is 0.357 e. The van der Waals surface area contributed by atoms with Crippen LogP contribution in [0.2, 0.25) is 0 Å². The van der Waals surface area contributed by atoms with Crippen molar-refractivity contribution in [2.24, 2.45) is 4.99 Å². The minimum absolute atomic E-state index is 0. The van der Waals surface area contributed by atoms with Crippen LogP contribution in [0.1, 0.15) is 39.0 Å². The Morgan fingerprint density at radius 1 is 1.41 bits per heavy atom. The Balaban J connectivity index is 0.00000242. The molecule has 1 amide bonds. The zero-order valence-electron chi connectivity index (χ0n) is 13.5. The zero-order valence-corrected chi connectivity index (χ0v) is 16.6. The molecule has 0 aromatic rings. The molecule has 0 bridgehead atoms. The van der Waals surface area contributed by atoms with Gasteiger partial charge in [-0.2, -0.15) is 11.8 Å². The molecular weight excluding hydrogens is 411 g/mol. The Kier molecular flexibility index (Phi) is 10.3. The first kappa shape index (κ1) is 19.9. The van der Waals surface area contributed by atoms with E-state index in [1.165, 1.54) is 18.6 Å². The van der Waals surface area contributed by atoms with Gasteiger partial charge in [-0.15, -0.1) is 24.0 Å². The summed E-state index contributed by atoms with van der Waals surface area (Å²) in [6.07, 6.45) is 5.36. The average Bonchev–Trinajstić information content (AvgIpc) is 3.13. The molecule has 2 heterocycles. The third-order valence-corrected chi connectivity index (χ3v) is 5.27. The number of likely N-dealkylation sites (tertiary alicyclic amines) is 1. The molecule has 0 spiro atoms. The number of amides is 1. The number of thioether (sulfide) groups is 1. The van der Waals surface area contributed by atoms with Crippen molar-refractivity contribution < 1.29 is 4.79 Å². The summed E-state index contributed by atoms with van der Waals surface area (Å²) < 4.78 is 0. The van der Waals surface area contributed by atoms with Gasteiger partial charge < -0.3 is 15.5 Å². The summed E-state index contributed by atoms with van der Waals surface area (Å²) >= 11 is 2.04. The van der Waals surface area contributed by atoms with Crippen LogP contribution in [0.3, 0.4) is 0 Å². The van der Waals surface area contributed by atoms with E-state index in [-0.39, 0.29) is 24.0 Å². The molecule has 7 heteroatoms. The van der Waals surface area contributed by atoms with E-state index in [2.05, 4.69) is 22.5 Å². The lowest BCUT2D eigenvalue weighted by Gasteiger charge is -2.16. The normalized spacial score (nSPS) is 21.9. The van der Waals surface area contributed by atoms with Crippen molar-refractivity contribution in [1.29, 1.82) is 0 Å². The quantitative estimate of drug-likeness (QED) is 0.276. The van der Waals surface area contributed by atoms with E-state index in [1.54, 1.807) is 0 Å². The highest BCUT2D eigenvalue weighted by Gasteiger charge is 2.19. The molecule has 2 N–H and O–H groups in total. The third kappa shape index (κ3) is 6.93. The van der Waals surface area contributed by atoms with Crippen molar-refractivity contribution in [2.75, 3.05) is 38.5 Å². The van der Waals surface area contributed by atoms with E-state index in [0.29, 0.717) is 11.2 Å². The Morgan fingerprint density at radius 3 is 2.91 bits per heavy atom. The molecule has 0 aromatic heterocycles. The Bertz CT molecular complexity index is 361. The summed E-state index contributed by atoms with van der Waals surface area (Å²) in [6.45, 7) is 6.55. The molecule has 0 aromatic carbocycles. The van der Waals surface area contributed by atoms with Crippen LogP contribution in [-0.2, 0) is 4.79 Å².